The van der Waals surface area contributed by atoms with E-state index in [1.54, 1.807) is 29.3 Å². The molecule has 2 bridgehead atoms. The highest BCUT2D eigenvalue weighted by Crippen LogP contribution is 2.73. The molecule has 1 N–H and O–H groups in total. The molecule has 2 amide bonds. The lowest BCUT2D eigenvalue weighted by molar-refractivity contribution is -0.185. The molecule has 232 valence electrons. The van der Waals surface area contributed by atoms with Crippen molar-refractivity contribution in [3.05, 3.63) is 143 Å². The minimum Gasteiger partial charge on any atom is -0.460 e. The number of nitrogens with zero attached hydrogens (tertiary/aromatic N) is 2. The fourth-order valence-corrected chi connectivity index (χ4v) is 9.25. The van der Waals surface area contributed by atoms with E-state index in [0.29, 0.717) is 24.0 Å². The fourth-order valence-electron chi connectivity index (χ4n) is 9.25. The molecule has 46 heavy (non-hydrogen) atoms. The number of imide groups is 1. The molecule has 4 aromatic carbocycles. The first-order valence-electron chi connectivity index (χ1n) is 16.1. The van der Waals surface area contributed by atoms with E-state index in [2.05, 4.69) is 13.8 Å². The van der Waals surface area contributed by atoms with Gasteiger partial charge in [0.2, 0.25) is 0 Å². The van der Waals surface area contributed by atoms with Gasteiger partial charge in [0.05, 0.1) is 17.2 Å². The molecule has 0 aromatic heterocycles. The molecule has 2 aliphatic carbocycles. The lowest BCUT2D eigenvalue weighted by Crippen LogP contribution is -2.57. The summed E-state index contributed by atoms with van der Waals surface area (Å²) in [5, 5.41) is 15.9. The number of amides is 2. The Labute approximate surface area is 268 Å². The fraction of sp³-hybridized carbons (Fsp3) is 0.308. The highest BCUT2D eigenvalue weighted by Gasteiger charge is 2.74. The van der Waals surface area contributed by atoms with Crippen molar-refractivity contribution >= 4 is 17.8 Å². The van der Waals surface area contributed by atoms with Crippen LogP contribution < -0.4 is 0 Å². The lowest BCUT2D eigenvalue weighted by atomic mass is 9.54. The van der Waals surface area contributed by atoms with E-state index in [0.717, 1.165) is 28.1 Å². The Kier molecular flexibility index (Phi) is 6.40. The highest BCUT2D eigenvalue weighted by molar-refractivity contribution is 6.21. The smallest absolute Gasteiger partial charge is 0.327 e. The summed E-state index contributed by atoms with van der Waals surface area (Å²) in [4.78, 5) is 41.5. The molecule has 6 unspecified atom stereocenters. The molecule has 8 rings (SSSR count). The van der Waals surface area contributed by atoms with Crippen molar-refractivity contribution in [3.8, 4) is 0 Å². The summed E-state index contributed by atoms with van der Waals surface area (Å²) < 4.78 is 6.60. The SMILES string of the molecule is CC1(C)C2CCC1(C(O)(c1ccccc1)c1ccccc1)C(OC(=O)C1C(c3ccccc3)N1N1C(=O)c3ccccc3C1=O)C2. The molecule has 2 saturated carbocycles. The van der Waals surface area contributed by atoms with Crippen LogP contribution in [0.1, 0.15) is 76.6 Å². The number of rotatable bonds is 7. The van der Waals surface area contributed by atoms with Crippen molar-refractivity contribution in [2.45, 2.75) is 56.9 Å². The van der Waals surface area contributed by atoms with Gasteiger partial charge in [-0.25, -0.2) is 5.01 Å². The predicted molar refractivity (Wildman–Crippen MR) is 171 cm³/mol. The van der Waals surface area contributed by atoms with Crippen molar-refractivity contribution in [2.75, 3.05) is 0 Å². The highest BCUT2D eigenvalue weighted by atomic mass is 16.6. The number of ether oxygens (including phenoxy) is 1. The Morgan fingerprint density at radius 1 is 0.783 bits per heavy atom. The van der Waals surface area contributed by atoms with Gasteiger partial charge in [-0.3, -0.25) is 14.4 Å². The van der Waals surface area contributed by atoms with Crippen molar-refractivity contribution in [1.29, 1.82) is 0 Å². The second-order valence-corrected chi connectivity index (χ2v) is 13.7. The number of carbonyl (C=O) groups excluding carboxylic acids is 3. The Bertz CT molecular complexity index is 1770. The van der Waals surface area contributed by atoms with Gasteiger partial charge >= 0.3 is 5.97 Å². The van der Waals surface area contributed by atoms with Crippen LogP contribution in [-0.4, -0.2) is 45.1 Å². The van der Waals surface area contributed by atoms with Crippen LogP contribution in [0.4, 0.5) is 0 Å². The predicted octanol–water partition coefficient (Wildman–Crippen LogP) is 6.30. The molecule has 0 spiro atoms. The van der Waals surface area contributed by atoms with E-state index in [4.69, 9.17) is 4.74 Å². The van der Waals surface area contributed by atoms with Gasteiger partial charge in [-0.05, 0) is 59.4 Å². The summed E-state index contributed by atoms with van der Waals surface area (Å²) in [6.07, 6.45) is 1.62. The zero-order valence-electron chi connectivity index (χ0n) is 25.9. The Morgan fingerprint density at radius 2 is 1.28 bits per heavy atom. The lowest BCUT2D eigenvalue weighted by Gasteiger charge is -2.53. The molecule has 4 aliphatic rings. The number of hydrogen-bond acceptors (Lipinski definition) is 6. The van der Waals surface area contributed by atoms with Gasteiger partial charge < -0.3 is 9.84 Å². The number of hydrogen-bond donors (Lipinski definition) is 1. The number of benzene rings is 4. The molecule has 7 heteroatoms. The van der Waals surface area contributed by atoms with Gasteiger partial charge in [-0.2, -0.15) is 5.01 Å². The van der Waals surface area contributed by atoms with Gasteiger partial charge in [0.25, 0.3) is 11.8 Å². The van der Waals surface area contributed by atoms with Gasteiger partial charge in [0.15, 0.2) is 0 Å². The van der Waals surface area contributed by atoms with Crippen LogP contribution in [0.2, 0.25) is 0 Å². The number of hydrazine groups is 1. The van der Waals surface area contributed by atoms with Crippen LogP contribution in [0.15, 0.2) is 115 Å². The average Bonchev–Trinajstić information content (AvgIpc) is 3.63. The van der Waals surface area contributed by atoms with E-state index in [1.807, 2.05) is 91.0 Å². The van der Waals surface area contributed by atoms with Crippen molar-refractivity contribution in [1.82, 2.24) is 10.0 Å². The first-order chi connectivity index (χ1) is 22.2. The molecule has 1 saturated heterocycles. The third-order valence-corrected chi connectivity index (χ3v) is 11.6. The zero-order chi connectivity index (χ0) is 31.8. The maximum absolute atomic E-state index is 14.4. The third-order valence-electron chi connectivity index (χ3n) is 11.6. The van der Waals surface area contributed by atoms with E-state index >= 15 is 0 Å². The largest absolute Gasteiger partial charge is 0.460 e. The topological polar surface area (TPSA) is 86.9 Å². The summed E-state index contributed by atoms with van der Waals surface area (Å²) in [6.45, 7) is 4.40. The second-order valence-electron chi connectivity index (χ2n) is 13.7. The summed E-state index contributed by atoms with van der Waals surface area (Å²) in [7, 11) is 0. The molecule has 6 atom stereocenters. The Balaban J connectivity index is 1.19. The summed E-state index contributed by atoms with van der Waals surface area (Å²) in [6, 6.07) is 34.2. The first-order valence-corrected chi connectivity index (χ1v) is 16.1. The number of esters is 1. The summed E-state index contributed by atoms with van der Waals surface area (Å²) in [5.74, 6) is -1.16. The van der Waals surface area contributed by atoms with E-state index < -0.39 is 47.0 Å². The zero-order valence-corrected chi connectivity index (χ0v) is 25.9. The molecular weight excluding hydrogens is 576 g/mol. The van der Waals surface area contributed by atoms with Gasteiger partial charge in [-0.15, -0.1) is 0 Å². The van der Waals surface area contributed by atoms with E-state index in [9.17, 15) is 19.5 Å². The third kappa shape index (κ3) is 3.76. The van der Waals surface area contributed by atoms with Crippen LogP contribution in [0.3, 0.4) is 0 Å². The Hall–Kier alpha value is -4.59. The number of fused-ring (bicyclic) bond motifs is 3. The van der Waals surface area contributed by atoms with Crippen LogP contribution in [0.5, 0.6) is 0 Å². The standard InChI is InChI=1S/C39H36N2O5/c1-37(2)28-22-23-38(37,39(45,26-16-8-4-9-17-26)27-18-10-5-11-19-27)31(24-28)46-36(44)33-32(25-14-6-3-7-15-25)40(33)41-34(42)29-20-12-13-21-30(29)35(41)43/h3-21,28,31-33,45H,22-24H2,1-2H3. The van der Waals surface area contributed by atoms with Crippen molar-refractivity contribution < 1.29 is 24.2 Å². The summed E-state index contributed by atoms with van der Waals surface area (Å²) >= 11 is 0. The van der Waals surface area contributed by atoms with E-state index in [-0.39, 0.29) is 11.3 Å². The Morgan fingerprint density at radius 3 is 1.80 bits per heavy atom. The molecule has 7 nitrogen and oxygen atoms in total. The van der Waals surface area contributed by atoms with Gasteiger partial charge in [-0.1, -0.05) is 117 Å². The van der Waals surface area contributed by atoms with Gasteiger partial charge in [0, 0.05) is 5.41 Å². The molecule has 3 fully saturated rings. The second kappa shape index (κ2) is 10.2. The quantitative estimate of drug-likeness (QED) is 0.150. The minimum absolute atomic E-state index is 0.237. The monoisotopic (exact) mass is 612 g/mol. The van der Waals surface area contributed by atoms with E-state index in [1.165, 1.54) is 0 Å². The molecule has 2 aliphatic heterocycles. The molecule has 0 radical (unpaired) electrons. The van der Waals surface area contributed by atoms with Crippen LogP contribution in [-0.2, 0) is 15.1 Å². The maximum Gasteiger partial charge on any atom is 0.327 e. The van der Waals surface area contributed by atoms with Gasteiger partial charge in [0.1, 0.15) is 17.7 Å². The summed E-state index contributed by atoms with van der Waals surface area (Å²) in [5.41, 5.74) is 0.335. The molecular formula is C39H36N2O5. The maximum atomic E-state index is 14.4. The van der Waals surface area contributed by atoms with Crippen LogP contribution in [0.25, 0.3) is 0 Å². The average molecular weight is 613 g/mol. The first kappa shape index (κ1) is 28.9. The van der Waals surface area contributed by atoms with Crippen LogP contribution in [0, 0.1) is 16.7 Å². The van der Waals surface area contributed by atoms with Crippen molar-refractivity contribution in [2.24, 2.45) is 16.7 Å². The normalized spacial score (nSPS) is 29.1. The number of carbonyl (C=O) groups is 3. The molecule has 2 heterocycles. The van der Waals surface area contributed by atoms with Crippen molar-refractivity contribution in [3.63, 3.8) is 0 Å². The minimum atomic E-state index is -1.44. The molecule has 4 aromatic rings. The van der Waals surface area contributed by atoms with Crippen LogP contribution >= 0.6 is 0 Å². The number of aliphatic hydroxyl groups is 1.